The smallest absolute Gasteiger partial charge is 0.182 e. The molecule has 1 heterocycles. The fraction of sp³-hybridized carbons (Fsp3) is 0.625. The van der Waals surface area contributed by atoms with E-state index < -0.39 is 17.5 Å². The monoisotopic (exact) mass is 298 g/mol. The minimum absolute atomic E-state index is 0.0554. The van der Waals surface area contributed by atoms with Crippen LogP contribution in [0.2, 0.25) is 0 Å². The minimum atomic E-state index is -1.14. The van der Waals surface area contributed by atoms with Gasteiger partial charge >= 0.3 is 0 Å². The molecule has 2 nitrogen and oxygen atoms in total. The van der Waals surface area contributed by atoms with Crippen molar-refractivity contribution in [1.82, 2.24) is 5.32 Å². The molecule has 3 atom stereocenters. The molecule has 2 aliphatic rings. The molecule has 3 unspecified atom stereocenters. The average molecular weight is 298 g/mol. The first-order valence-corrected chi connectivity index (χ1v) is 7.79. The Balaban J connectivity index is 1.74. The summed E-state index contributed by atoms with van der Waals surface area (Å²) < 4.78 is 40.4. The van der Waals surface area contributed by atoms with Crippen LogP contribution in [0.15, 0.2) is 12.1 Å². The van der Waals surface area contributed by atoms with E-state index in [4.69, 9.17) is 0 Å². The second-order valence-electron chi connectivity index (χ2n) is 6.15. The molecular formula is C16H21F3N2. The van der Waals surface area contributed by atoms with Gasteiger partial charge in [0.2, 0.25) is 0 Å². The number of benzene rings is 1. The standard InChI is InChI=1S/C16H21F3N2/c17-10-8-12(18)16(19)15(9-10)21-14-6-3-4-11(14)13-5-1-2-7-20-13/h8-9,11,13-14,20-21H,1-7H2. The van der Waals surface area contributed by atoms with E-state index in [9.17, 15) is 13.2 Å². The summed E-state index contributed by atoms with van der Waals surface area (Å²) in [4.78, 5) is 0. The van der Waals surface area contributed by atoms with Gasteiger partial charge in [0, 0.05) is 24.2 Å². The largest absolute Gasteiger partial charge is 0.379 e. The molecule has 0 aromatic heterocycles. The first-order valence-electron chi connectivity index (χ1n) is 7.79. The Morgan fingerprint density at radius 1 is 1.00 bits per heavy atom. The van der Waals surface area contributed by atoms with Gasteiger partial charge in [-0.2, -0.15) is 0 Å². The Morgan fingerprint density at radius 3 is 2.62 bits per heavy atom. The molecule has 1 aliphatic heterocycles. The Hall–Kier alpha value is -1.23. The lowest BCUT2D eigenvalue weighted by atomic mass is 9.88. The fourth-order valence-electron chi connectivity index (χ4n) is 3.75. The average Bonchev–Trinajstić information content (AvgIpc) is 2.93. The lowest BCUT2D eigenvalue weighted by molar-refractivity contribution is 0.286. The second-order valence-corrected chi connectivity index (χ2v) is 6.15. The van der Waals surface area contributed by atoms with Crippen LogP contribution in [0.5, 0.6) is 0 Å². The summed E-state index contributed by atoms with van der Waals surface area (Å²) in [6.07, 6.45) is 6.60. The van der Waals surface area contributed by atoms with Gasteiger partial charge in [0.05, 0.1) is 5.69 Å². The highest BCUT2D eigenvalue weighted by molar-refractivity contribution is 5.46. The molecule has 1 aromatic carbocycles. The van der Waals surface area contributed by atoms with Crippen LogP contribution in [0.3, 0.4) is 0 Å². The number of rotatable bonds is 3. The fourth-order valence-corrected chi connectivity index (χ4v) is 3.75. The molecule has 5 heteroatoms. The van der Waals surface area contributed by atoms with Crippen molar-refractivity contribution < 1.29 is 13.2 Å². The highest BCUT2D eigenvalue weighted by Crippen LogP contribution is 2.34. The predicted molar refractivity (Wildman–Crippen MR) is 76.7 cm³/mol. The lowest BCUT2D eigenvalue weighted by Gasteiger charge is -2.33. The number of hydrogen-bond donors (Lipinski definition) is 2. The molecule has 2 fully saturated rings. The molecule has 1 saturated carbocycles. The van der Waals surface area contributed by atoms with E-state index in [1.165, 1.54) is 12.8 Å². The molecule has 0 amide bonds. The van der Waals surface area contributed by atoms with Gasteiger partial charge in [-0.05, 0) is 38.1 Å². The SMILES string of the molecule is Fc1cc(F)c(F)c(NC2CCCC2C2CCCCN2)c1. The van der Waals surface area contributed by atoms with Crippen LogP contribution in [0.4, 0.5) is 18.9 Å². The summed E-state index contributed by atoms with van der Waals surface area (Å²) in [5, 5.41) is 6.58. The Labute approximate surface area is 123 Å². The van der Waals surface area contributed by atoms with Crippen molar-refractivity contribution in [2.75, 3.05) is 11.9 Å². The van der Waals surface area contributed by atoms with Crippen LogP contribution in [0.25, 0.3) is 0 Å². The van der Waals surface area contributed by atoms with Crippen LogP contribution < -0.4 is 10.6 Å². The van der Waals surface area contributed by atoms with Gasteiger partial charge in [-0.3, -0.25) is 0 Å². The van der Waals surface area contributed by atoms with Gasteiger partial charge in [-0.25, -0.2) is 13.2 Å². The van der Waals surface area contributed by atoms with Gasteiger partial charge in [0.1, 0.15) is 5.82 Å². The van der Waals surface area contributed by atoms with Crippen LogP contribution in [0, 0.1) is 23.4 Å². The zero-order valence-electron chi connectivity index (χ0n) is 12.0. The van der Waals surface area contributed by atoms with E-state index in [2.05, 4.69) is 10.6 Å². The maximum atomic E-state index is 13.8. The molecule has 0 bridgehead atoms. The molecule has 3 rings (SSSR count). The first-order chi connectivity index (χ1) is 10.1. The van der Waals surface area contributed by atoms with Crippen LogP contribution in [0.1, 0.15) is 38.5 Å². The summed E-state index contributed by atoms with van der Waals surface area (Å²) in [7, 11) is 0. The summed E-state index contributed by atoms with van der Waals surface area (Å²) in [5.74, 6) is -2.47. The van der Waals surface area contributed by atoms with E-state index in [1.807, 2.05) is 0 Å². The molecule has 2 N–H and O–H groups in total. The Bertz CT molecular complexity index is 501. The van der Waals surface area contributed by atoms with Crippen molar-refractivity contribution in [3.63, 3.8) is 0 Å². The van der Waals surface area contributed by atoms with Gasteiger partial charge in [0.15, 0.2) is 11.6 Å². The molecule has 1 saturated heterocycles. The summed E-state index contributed by atoms with van der Waals surface area (Å²) in [5.41, 5.74) is -0.0554. The maximum Gasteiger partial charge on any atom is 0.182 e. The molecule has 0 spiro atoms. The van der Waals surface area contributed by atoms with E-state index in [0.717, 1.165) is 38.3 Å². The van der Waals surface area contributed by atoms with Crippen molar-refractivity contribution in [3.05, 3.63) is 29.6 Å². The highest BCUT2D eigenvalue weighted by Gasteiger charge is 2.34. The lowest BCUT2D eigenvalue weighted by Crippen LogP contribution is -2.44. The number of piperidine rings is 1. The molecular weight excluding hydrogens is 277 g/mol. The second kappa shape index (κ2) is 6.26. The maximum absolute atomic E-state index is 13.8. The van der Waals surface area contributed by atoms with E-state index in [1.54, 1.807) is 0 Å². The third-order valence-corrected chi connectivity index (χ3v) is 4.77. The van der Waals surface area contributed by atoms with Crippen LogP contribution in [-0.4, -0.2) is 18.6 Å². The van der Waals surface area contributed by atoms with Crippen LogP contribution in [-0.2, 0) is 0 Å². The topological polar surface area (TPSA) is 24.1 Å². The molecule has 1 aromatic rings. The Kier molecular flexibility index (Phi) is 4.38. The third-order valence-electron chi connectivity index (χ3n) is 4.77. The van der Waals surface area contributed by atoms with Gasteiger partial charge in [0.25, 0.3) is 0 Å². The van der Waals surface area contributed by atoms with Crippen molar-refractivity contribution in [1.29, 1.82) is 0 Å². The normalized spacial score (nSPS) is 29.6. The van der Waals surface area contributed by atoms with Crippen molar-refractivity contribution in [2.45, 2.75) is 50.6 Å². The molecule has 21 heavy (non-hydrogen) atoms. The number of hydrogen-bond acceptors (Lipinski definition) is 2. The predicted octanol–water partition coefficient (Wildman–Crippen LogP) is 3.83. The molecule has 1 aliphatic carbocycles. The quantitative estimate of drug-likeness (QED) is 0.829. The van der Waals surface area contributed by atoms with E-state index in [-0.39, 0.29) is 11.7 Å². The number of nitrogens with one attached hydrogen (secondary N) is 2. The highest BCUT2D eigenvalue weighted by atomic mass is 19.2. The number of halogens is 3. The summed E-state index contributed by atoms with van der Waals surface area (Å²) in [6.45, 7) is 1.02. The van der Waals surface area contributed by atoms with Crippen molar-refractivity contribution >= 4 is 5.69 Å². The summed E-state index contributed by atoms with van der Waals surface area (Å²) >= 11 is 0. The van der Waals surface area contributed by atoms with Gasteiger partial charge in [-0.15, -0.1) is 0 Å². The zero-order valence-corrected chi connectivity index (χ0v) is 12.0. The van der Waals surface area contributed by atoms with Crippen molar-refractivity contribution in [3.8, 4) is 0 Å². The van der Waals surface area contributed by atoms with Crippen LogP contribution >= 0.6 is 0 Å². The van der Waals surface area contributed by atoms with Crippen molar-refractivity contribution in [2.24, 2.45) is 5.92 Å². The van der Waals surface area contributed by atoms with Gasteiger partial charge < -0.3 is 10.6 Å². The molecule has 0 radical (unpaired) electrons. The Morgan fingerprint density at radius 2 is 1.86 bits per heavy atom. The third kappa shape index (κ3) is 3.18. The summed E-state index contributed by atoms with van der Waals surface area (Å²) in [6, 6.07) is 2.13. The van der Waals surface area contributed by atoms with Gasteiger partial charge in [-0.1, -0.05) is 12.8 Å². The minimum Gasteiger partial charge on any atom is -0.379 e. The number of anilines is 1. The first kappa shape index (κ1) is 14.7. The zero-order chi connectivity index (χ0) is 14.8. The molecule has 116 valence electrons. The van der Waals surface area contributed by atoms with E-state index in [0.29, 0.717) is 18.0 Å². The van der Waals surface area contributed by atoms with E-state index >= 15 is 0 Å².